The standard InChI is InChI=1S/C17H14ClF3O3S/c1-17(20,21)25(23,24)16-10-12(4-7-15(16)18)9-14(22)8-11-2-5-13(19)6-3-11/h2-7,10H,8-9H2,1H3. The molecule has 0 aliphatic heterocycles. The van der Waals surface area contributed by atoms with E-state index >= 15 is 0 Å². The molecule has 25 heavy (non-hydrogen) atoms. The highest BCUT2D eigenvalue weighted by molar-refractivity contribution is 7.92. The molecular weight excluding hydrogens is 377 g/mol. The van der Waals surface area contributed by atoms with Gasteiger partial charge in [-0.1, -0.05) is 29.8 Å². The Balaban J connectivity index is 2.22. The first kappa shape index (κ1) is 19.5. The van der Waals surface area contributed by atoms with Crippen molar-refractivity contribution in [2.75, 3.05) is 0 Å². The van der Waals surface area contributed by atoms with Gasteiger partial charge in [-0.25, -0.2) is 12.8 Å². The predicted octanol–water partition coefficient (Wildman–Crippen LogP) is 4.22. The van der Waals surface area contributed by atoms with E-state index in [1.54, 1.807) is 0 Å². The lowest BCUT2D eigenvalue weighted by molar-refractivity contribution is -0.117. The molecule has 0 aliphatic rings. The average Bonchev–Trinajstić information content (AvgIpc) is 2.50. The van der Waals surface area contributed by atoms with Crippen molar-refractivity contribution in [2.45, 2.75) is 29.9 Å². The molecule has 0 aliphatic carbocycles. The fourth-order valence-corrected chi connectivity index (χ4v) is 3.62. The highest BCUT2D eigenvalue weighted by Gasteiger charge is 2.42. The Morgan fingerprint density at radius 2 is 1.56 bits per heavy atom. The van der Waals surface area contributed by atoms with E-state index in [2.05, 4.69) is 0 Å². The number of carbonyl (C=O) groups is 1. The smallest absolute Gasteiger partial charge is 0.299 e. The van der Waals surface area contributed by atoms with Gasteiger partial charge in [0.05, 0.1) is 9.92 Å². The molecule has 134 valence electrons. The number of hydrogen-bond acceptors (Lipinski definition) is 3. The lowest BCUT2D eigenvalue weighted by Gasteiger charge is -2.14. The minimum absolute atomic E-state index is 0.00886. The van der Waals surface area contributed by atoms with Gasteiger partial charge >= 0.3 is 5.25 Å². The van der Waals surface area contributed by atoms with Crippen molar-refractivity contribution in [1.29, 1.82) is 0 Å². The Kier molecular flexibility index (Phi) is 5.58. The van der Waals surface area contributed by atoms with Crippen molar-refractivity contribution >= 4 is 27.2 Å². The van der Waals surface area contributed by atoms with Gasteiger partial charge in [-0.05, 0) is 35.4 Å². The minimum Gasteiger partial charge on any atom is -0.299 e. The summed E-state index contributed by atoms with van der Waals surface area (Å²) in [6.07, 6.45) is -0.152. The summed E-state index contributed by atoms with van der Waals surface area (Å²) in [5.41, 5.74) is 0.840. The number of benzene rings is 2. The van der Waals surface area contributed by atoms with Crippen LogP contribution in [0, 0.1) is 5.82 Å². The van der Waals surface area contributed by atoms with E-state index in [0.29, 0.717) is 5.56 Å². The molecule has 0 bridgehead atoms. The van der Waals surface area contributed by atoms with Crippen molar-refractivity contribution in [1.82, 2.24) is 0 Å². The zero-order chi connectivity index (χ0) is 18.8. The number of ketones is 1. The molecule has 0 heterocycles. The van der Waals surface area contributed by atoms with E-state index in [9.17, 15) is 26.4 Å². The normalized spacial score (nSPS) is 12.2. The van der Waals surface area contributed by atoms with E-state index in [0.717, 1.165) is 6.07 Å². The third-order valence-corrected chi connectivity index (χ3v) is 5.78. The van der Waals surface area contributed by atoms with Crippen LogP contribution in [-0.2, 0) is 27.5 Å². The lowest BCUT2D eigenvalue weighted by atomic mass is 10.0. The van der Waals surface area contributed by atoms with E-state index in [1.165, 1.54) is 36.4 Å². The molecule has 0 fully saturated rings. The Bertz CT molecular complexity index is 888. The summed E-state index contributed by atoms with van der Waals surface area (Å²) in [6, 6.07) is 8.92. The van der Waals surface area contributed by atoms with Crippen molar-refractivity contribution < 1.29 is 26.4 Å². The molecule has 2 rings (SSSR count). The van der Waals surface area contributed by atoms with Gasteiger partial charge in [-0.3, -0.25) is 4.79 Å². The molecule has 0 unspecified atom stereocenters. The number of alkyl halides is 2. The van der Waals surface area contributed by atoms with Crippen LogP contribution in [0.1, 0.15) is 18.1 Å². The fraction of sp³-hybridized carbons (Fsp3) is 0.235. The zero-order valence-electron chi connectivity index (χ0n) is 13.1. The molecule has 0 radical (unpaired) electrons. The SMILES string of the molecule is CC(F)(F)S(=O)(=O)c1cc(CC(=O)Cc2ccc(F)cc2)ccc1Cl. The largest absolute Gasteiger partial charge is 0.347 e. The van der Waals surface area contributed by atoms with E-state index in [-0.39, 0.29) is 36.1 Å². The quantitative estimate of drug-likeness (QED) is 0.742. The minimum atomic E-state index is -4.95. The fourth-order valence-electron chi connectivity index (χ4n) is 2.18. The Labute approximate surface area is 148 Å². The van der Waals surface area contributed by atoms with Crippen LogP contribution in [0.4, 0.5) is 13.2 Å². The van der Waals surface area contributed by atoms with Gasteiger partial charge in [0.15, 0.2) is 0 Å². The van der Waals surface area contributed by atoms with Gasteiger partial charge < -0.3 is 0 Å². The molecule has 0 aromatic heterocycles. The summed E-state index contributed by atoms with van der Waals surface area (Å²) in [5.74, 6) is -0.704. The van der Waals surface area contributed by atoms with Crippen LogP contribution in [0.25, 0.3) is 0 Å². The van der Waals surface area contributed by atoms with Gasteiger partial charge in [-0.15, -0.1) is 0 Å². The maximum absolute atomic E-state index is 13.3. The van der Waals surface area contributed by atoms with Gasteiger partial charge in [0, 0.05) is 19.8 Å². The average molecular weight is 391 g/mol. The number of rotatable bonds is 6. The number of sulfone groups is 1. The summed E-state index contributed by atoms with van der Waals surface area (Å²) < 4.78 is 63.3. The molecule has 8 heteroatoms. The lowest BCUT2D eigenvalue weighted by Crippen LogP contribution is -2.25. The Morgan fingerprint density at radius 3 is 2.12 bits per heavy atom. The molecular formula is C17H14ClF3O3S. The first-order chi connectivity index (χ1) is 11.5. The summed E-state index contributed by atoms with van der Waals surface area (Å²) >= 11 is 5.73. The van der Waals surface area contributed by atoms with Gasteiger partial charge in [0.1, 0.15) is 11.6 Å². The number of carbonyl (C=O) groups excluding carboxylic acids is 1. The summed E-state index contributed by atoms with van der Waals surface area (Å²) in [5, 5.41) is -4.33. The number of hydrogen-bond donors (Lipinski definition) is 0. The molecule has 2 aromatic carbocycles. The van der Waals surface area contributed by atoms with Crippen LogP contribution in [-0.4, -0.2) is 19.5 Å². The molecule has 0 N–H and O–H groups in total. The van der Waals surface area contributed by atoms with Crippen molar-refractivity contribution in [3.8, 4) is 0 Å². The van der Waals surface area contributed by atoms with Crippen LogP contribution in [0.15, 0.2) is 47.4 Å². The van der Waals surface area contributed by atoms with Gasteiger partial charge in [0.25, 0.3) is 0 Å². The molecule has 0 saturated carbocycles. The van der Waals surface area contributed by atoms with Gasteiger partial charge in [0.2, 0.25) is 9.84 Å². The maximum atomic E-state index is 13.3. The molecule has 2 aromatic rings. The summed E-state index contributed by atoms with van der Waals surface area (Å²) in [4.78, 5) is 11.4. The first-order valence-corrected chi connectivity index (χ1v) is 9.04. The van der Waals surface area contributed by atoms with E-state index in [1.807, 2.05) is 0 Å². The Morgan fingerprint density at radius 1 is 1.04 bits per heavy atom. The van der Waals surface area contributed by atoms with Crippen LogP contribution >= 0.6 is 11.6 Å². The maximum Gasteiger partial charge on any atom is 0.347 e. The molecule has 3 nitrogen and oxygen atoms in total. The monoisotopic (exact) mass is 390 g/mol. The van der Waals surface area contributed by atoms with E-state index < -0.39 is 25.8 Å². The second kappa shape index (κ2) is 7.17. The number of halogens is 4. The predicted molar refractivity (Wildman–Crippen MR) is 88.1 cm³/mol. The molecule has 0 spiro atoms. The van der Waals surface area contributed by atoms with Crippen LogP contribution < -0.4 is 0 Å². The van der Waals surface area contributed by atoms with Crippen LogP contribution in [0.5, 0.6) is 0 Å². The number of Topliss-reactive ketones (excluding diaryl/α,β-unsaturated/α-hetero) is 1. The highest BCUT2D eigenvalue weighted by Crippen LogP contribution is 2.33. The zero-order valence-corrected chi connectivity index (χ0v) is 14.7. The topological polar surface area (TPSA) is 51.2 Å². The van der Waals surface area contributed by atoms with Crippen LogP contribution in [0.3, 0.4) is 0 Å². The third kappa shape index (κ3) is 4.61. The molecule has 0 atom stereocenters. The summed E-state index contributed by atoms with van der Waals surface area (Å²) in [7, 11) is -4.95. The second-order valence-corrected chi connectivity index (χ2v) is 8.17. The third-order valence-electron chi connectivity index (χ3n) is 3.47. The van der Waals surface area contributed by atoms with Crippen molar-refractivity contribution in [3.05, 3.63) is 64.4 Å². The van der Waals surface area contributed by atoms with E-state index in [4.69, 9.17) is 11.6 Å². The van der Waals surface area contributed by atoms with Gasteiger partial charge in [-0.2, -0.15) is 8.78 Å². The van der Waals surface area contributed by atoms with Crippen molar-refractivity contribution in [3.63, 3.8) is 0 Å². The molecule has 0 saturated heterocycles. The second-order valence-electron chi connectivity index (χ2n) is 5.59. The molecule has 0 amide bonds. The highest BCUT2D eigenvalue weighted by atomic mass is 35.5. The first-order valence-electron chi connectivity index (χ1n) is 7.18. The summed E-state index contributed by atoms with van der Waals surface area (Å²) in [6.45, 7) is 0.269. The van der Waals surface area contributed by atoms with Crippen LogP contribution in [0.2, 0.25) is 5.02 Å². The Hall–Kier alpha value is -1.86. The van der Waals surface area contributed by atoms with Crippen molar-refractivity contribution in [2.24, 2.45) is 0 Å².